The molecule has 0 radical (unpaired) electrons. The number of rotatable bonds is 1. The summed E-state index contributed by atoms with van der Waals surface area (Å²) in [7, 11) is 0. The van der Waals surface area contributed by atoms with Gasteiger partial charge < -0.3 is 10.2 Å². The molecule has 98 valence electrons. The van der Waals surface area contributed by atoms with E-state index in [2.05, 4.69) is 34.0 Å². The highest BCUT2D eigenvalue weighted by molar-refractivity contribution is 5.50. The summed E-state index contributed by atoms with van der Waals surface area (Å²) in [4.78, 5) is 11.5. The number of fused-ring (bicyclic) bond motifs is 1. The first-order valence-electron chi connectivity index (χ1n) is 7.08. The van der Waals surface area contributed by atoms with Crippen LogP contribution in [0.1, 0.15) is 37.9 Å². The lowest BCUT2D eigenvalue weighted by atomic mass is 9.96. The van der Waals surface area contributed by atoms with Crippen molar-refractivity contribution in [1.29, 1.82) is 0 Å². The van der Waals surface area contributed by atoms with E-state index in [-0.39, 0.29) is 0 Å². The maximum absolute atomic E-state index is 4.57. The molecule has 1 N–H and O–H groups in total. The minimum Gasteiger partial charge on any atom is -0.353 e. The molecule has 1 aliphatic heterocycles. The van der Waals surface area contributed by atoms with Gasteiger partial charge >= 0.3 is 0 Å². The molecule has 2 unspecified atom stereocenters. The number of hydrogen-bond acceptors (Lipinski definition) is 4. The molecule has 18 heavy (non-hydrogen) atoms. The minimum absolute atomic E-state index is 0.531. The Labute approximate surface area is 109 Å². The Morgan fingerprint density at radius 3 is 2.61 bits per heavy atom. The molecular formula is C14H22N4. The maximum Gasteiger partial charge on any atom is 0.135 e. The zero-order valence-corrected chi connectivity index (χ0v) is 11.3. The number of piperazine rings is 1. The van der Waals surface area contributed by atoms with Gasteiger partial charge in [0.25, 0.3) is 0 Å². The fraction of sp³-hybridized carbons (Fsp3) is 0.714. The Bertz CT molecular complexity index is 422. The second kappa shape index (κ2) is 4.84. The standard InChI is InChI=1S/C14H22N4/c1-10-7-18(8-11(2)17-10)14-12-5-3-4-6-13(12)15-9-16-14/h9-11,17H,3-8H2,1-2H3. The molecule has 1 aromatic heterocycles. The lowest BCUT2D eigenvalue weighted by Crippen LogP contribution is -2.54. The minimum atomic E-state index is 0.531. The first kappa shape index (κ1) is 11.9. The summed E-state index contributed by atoms with van der Waals surface area (Å²) in [5.41, 5.74) is 2.69. The van der Waals surface area contributed by atoms with E-state index in [0.29, 0.717) is 12.1 Å². The number of nitrogens with zero attached hydrogens (tertiary/aromatic N) is 3. The van der Waals surface area contributed by atoms with Crippen LogP contribution in [0.4, 0.5) is 5.82 Å². The number of hydrogen-bond donors (Lipinski definition) is 1. The Morgan fingerprint density at radius 1 is 1.11 bits per heavy atom. The molecule has 0 bridgehead atoms. The van der Waals surface area contributed by atoms with Crippen LogP contribution in [-0.2, 0) is 12.8 Å². The van der Waals surface area contributed by atoms with Gasteiger partial charge in [0, 0.05) is 36.4 Å². The van der Waals surface area contributed by atoms with Crippen molar-refractivity contribution in [2.24, 2.45) is 0 Å². The average Bonchev–Trinajstić information content (AvgIpc) is 2.37. The molecule has 0 aromatic carbocycles. The van der Waals surface area contributed by atoms with Crippen LogP contribution in [0, 0.1) is 0 Å². The smallest absolute Gasteiger partial charge is 0.135 e. The van der Waals surface area contributed by atoms with Gasteiger partial charge in [-0.15, -0.1) is 0 Å². The molecule has 4 heteroatoms. The summed E-state index contributed by atoms with van der Waals surface area (Å²) >= 11 is 0. The average molecular weight is 246 g/mol. The number of nitrogens with one attached hydrogen (secondary N) is 1. The molecule has 1 saturated heterocycles. The van der Waals surface area contributed by atoms with Crippen LogP contribution in [-0.4, -0.2) is 35.1 Å². The second-order valence-electron chi connectivity index (χ2n) is 5.70. The third kappa shape index (κ3) is 2.21. The van der Waals surface area contributed by atoms with Gasteiger partial charge in [-0.1, -0.05) is 0 Å². The van der Waals surface area contributed by atoms with Gasteiger partial charge in [-0.05, 0) is 39.5 Å². The normalized spacial score (nSPS) is 28.0. The Hall–Kier alpha value is -1.16. The summed E-state index contributed by atoms with van der Waals surface area (Å²) in [6, 6.07) is 1.06. The molecule has 3 rings (SSSR count). The zero-order valence-electron chi connectivity index (χ0n) is 11.3. The number of anilines is 1. The summed E-state index contributed by atoms with van der Waals surface area (Å²) < 4.78 is 0. The quantitative estimate of drug-likeness (QED) is 0.816. The third-order valence-corrected chi connectivity index (χ3v) is 3.96. The Morgan fingerprint density at radius 2 is 1.83 bits per heavy atom. The Balaban J connectivity index is 1.91. The molecule has 2 atom stereocenters. The van der Waals surface area contributed by atoms with Crippen molar-refractivity contribution in [3.05, 3.63) is 17.6 Å². The van der Waals surface area contributed by atoms with Gasteiger partial charge in [0.15, 0.2) is 0 Å². The second-order valence-corrected chi connectivity index (χ2v) is 5.70. The highest BCUT2D eigenvalue weighted by atomic mass is 15.3. The highest BCUT2D eigenvalue weighted by Crippen LogP contribution is 2.28. The van der Waals surface area contributed by atoms with E-state index < -0.39 is 0 Å². The highest BCUT2D eigenvalue weighted by Gasteiger charge is 2.25. The fourth-order valence-electron chi connectivity index (χ4n) is 3.28. The van der Waals surface area contributed by atoms with E-state index in [1.165, 1.54) is 29.9 Å². The molecule has 1 aromatic rings. The van der Waals surface area contributed by atoms with Crippen LogP contribution in [0.25, 0.3) is 0 Å². The van der Waals surface area contributed by atoms with Crippen LogP contribution in [0.3, 0.4) is 0 Å². The largest absolute Gasteiger partial charge is 0.353 e. The van der Waals surface area contributed by atoms with Crippen LogP contribution < -0.4 is 10.2 Å². The van der Waals surface area contributed by atoms with Crippen molar-refractivity contribution >= 4 is 5.82 Å². The maximum atomic E-state index is 4.57. The van der Waals surface area contributed by atoms with Gasteiger partial charge in [0.1, 0.15) is 12.1 Å². The topological polar surface area (TPSA) is 41.1 Å². The van der Waals surface area contributed by atoms with Crippen molar-refractivity contribution in [3.8, 4) is 0 Å². The van der Waals surface area contributed by atoms with Crippen LogP contribution >= 0.6 is 0 Å². The summed E-state index contributed by atoms with van der Waals surface area (Å²) in [6.07, 6.45) is 6.58. The monoisotopic (exact) mass is 246 g/mol. The molecule has 2 heterocycles. The van der Waals surface area contributed by atoms with E-state index in [4.69, 9.17) is 0 Å². The first-order chi connectivity index (χ1) is 8.74. The van der Waals surface area contributed by atoms with Crippen molar-refractivity contribution in [1.82, 2.24) is 15.3 Å². The predicted octanol–water partition coefficient (Wildman–Crippen LogP) is 1.54. The summed E-state index contributed by atoms with van der Waals surface area (Å²) in [5, 5.41) is 3.57. The molecule has 4 nitrogen and oxygen atoms in total. The van der Waals surface area contributed by atoms with Gasteiger partial charge in [0.05, 0.1) is 0 Å². The summed E-state index contributed by atoms with van der Waals surface area (Å²) in [6.45, 7) is 6.59. The molecule has 0 saturated carbocycles. The van der Waals surface area contributed by atoms with Crippen molar-refractivity contribution in [3.63, 3.8) is 0 Å². The molecular weight excluding hydrogens is 224 g/mol. The van der Waals surface area contributed by atoms with E-state index >= 15 is 0 Å². The van der Waals surface area contributed by atoms with Crippen LogP contribution in [0.5, 0.6) is 0 Å². The van der Waals surface area contributed by atoms with Crippen LogP contribution in [0.2, 0.25) is 0 Å². The lowest BCUT2D eigenvalue weighted by Gasteiger charge is -2.38. The molecule has 1 aliphatic carbocycles. The van der Waals surface area contributed by atoms with Crippen molar-refractivity contribution < 1.29 is 0 Å². The molecule has 2 aliphatic rings. The van der Waals surface area contributed by atoms with E-state index in [1.54, 1.807) is 6.33 Å². The summed E-state index contributed by atoms with van der Waals surface area (Å²) in [5.74, 6) is 1.19. The Kier molecular flexibility index (Phi) is 3.20. The molecule has 0 amide bonds. The van der Waals surface area contributed by atoms with E-state index in [0.717, 1.165) is 25.9 Å². The van der Waals surface area contributed by atoms with Gasteiger partial charge in [-0.2, -0.15) is 0 Å². The predicted molar refractivity (Wildman–Crippen MR) is 72.9 cm³/mol. The van der Waals surface area contributed by atoms with Gasteiger partial charge in [-0.25, -0.2) is 9.97 Å². The molecule has 1 fully saturated rings. The van der Waals surface area contributed by atoms with Gasteiger partial charge in [0.2, 0.25) is 0 Å². The number of aryl methyl sites for hydroxylation is 1. The third-order valence-electron chi connectivity index (χ3n) is 3.96. The van der Waals surface area contributed by atoms with Crippen molar-refractivity contribution in [2.45, 2.75) is 51.6 Å². The SMILES string of the molecule is CC1CN(c2ncnc3c2CCCC3)CC(C)N1. The van der Waals surface area contributed by atoms with E-state index in [1.807, 2.05) is 0 Å². The molecule has 0 spiro atoms. The van der Waals surface area contributed by atoms with Crippen LogP contribution in [0.15, 0.2) is 6.33 Å². The van der Waals surface area contributed by atoms with Crippen molar-refractivity contribution in [2.75, 3.05) is 18.0 Å². The first-order valence-corrected chi connectivity index (χ1v) is 7.08. The van der Waals surface area contributed by atoms with E-state index in [9.17, 15) is 0 Å². The zero-order chi connectivity index (χ0) is 12.5. The lowest BCUT2D eigenvalue weighted by molar-refractivity contribution is 0.404. The number of aromatic nitrogens is 2. The van der Waals surface area contributed by atoms with Gasteiger partial charge in [-0.3, -0.25) is 0 Å². The fourth-order valence-corrected chi connectivity index (χ4v) is 3.28.